The van der Waals surface area contributed by atoms with E-state index in [0.717, 1.165) is 23.2 Å². The number of methoxy groups -OCH3 is 2. The first kappa shape index (κ1) is 12.3. The van der Waals surface area contributed by atoms with E-state index >= 15 is 0 Å². The molecule has 2 aromatic rings. The average molecular weight is 247 g/mol. The topological polar surface area (TPSA) is 73.2 Å². The lowest BCUT2D eigenvalue weighted by atomic mass is 10.1. The molecule has 1 aromatic heterocycles. The van der Waals surface area contributed by atoms with Crippen molar-refractivity contribution in [2.75, 3.05) is 20.0 Å². The van der Waals surface area contributed by atoms with Crippen LogP contribution >= 0.6 is 0 Å². The molecule has 5 nitrogen and oxygen atoms in total. The van der Waals surface area contributed by atoms with E-state index in [1.165, 1.54) is 0 Å². The van der Waals surface area contributed by atoms with Crippen molar-refractivity contribution < 1.29 is 9.47 Å². The average Bonchev–Trinajstić information content (AvgIpc) is 2.78. The van der Waals surface area contributed by atoms with E-state index in [2.05, 4.69) is 10.2 Å². The number of anilines is 1. The number of nitrogens with one attached hydrogen (secondary N) is 1. The van der Waals surface area contributed by atoms with E-state index in [1.807, 2.05) is 25.1 Å². The summed E-state index contributed by atoms with van der Waals surface area (Å²) in [4.78, 5) is 0. The number of nitrogen functional groups attached to an aromatic ring is 1. The van der Waals surface area contributed by atoms with Gasteiger partial charge in [0.1, 0.15) is 5.82 Å². The molecule has 0 fully saturated rings. The number of H-pyrrole nitrogens is 1. The molecule has 0 spiro atoms. The third-order valence-corrected chi connectivity index (χ3v) is 2.92. The maximum atomic E-state index is 5.82. The van der Waals surface area contributed by atoms with Crippen LogP contribution in [0.4, 0.5) is 5.82 Å². The van der Waals surface area contributed by atoms with Crippen molar-refractivity contribution in [3.63, 3.8) is 0 Å². The van der Waals surface area contributed by atoms with Crippen LogP contribution in [0, 0.1) is 0 Å². The van der Waals surface area contributed by atoms with Crippen LogP contribution in [0.2, 0.25) is 0 Å². The highest BCUT2D eigenvalue weighted by Crippen LogP contribution is 2.33. The van der Waals surface area contributed by atoms with Gasteiger partial charge in [0.15, 0.2) is 11.5 Å². The fourth-order valence-electron chi connectivity index (χ4n) is 1.97. The molecule has 3 N–H and O–H groups in total. The maximum Gasteiger partial charge on any atom is 0.161 e. The molecule has 1 aromatic carbocycles. The second kappa shape index (κ2) is 5.00. The van der Waals surface area contributed by atoms with Crippen LogP contribution in [0.5, 0.6) is 11.5 Å². The van der Waals surface area contributed by atoms with E-state index in [4.69, 9.17) is 15.2 Å². The predicted octanol–water partition coefficient (Wildman–Crippen LogP) is 2.24. The molecule has 0 bridgehead atoms. The van der Waals surface area contributed by atoms with Crippen molar-refractivity contribution in [2.45, 2.75) is 13.3 Å². The Bertz CT molecular complexity index is 549. The largest absolute Gasteiger partial charge is 0.493 e. The molecular formula is C13H17N3O2. The molecule has 0 aliphatic rings. The number of benzene rings is 1. The fourth-order valence-corrected chi connectivity index (χ4v) is 1.97. The number of nitrogens with zero attached hydrogens (tertiary/aromatic N) is 1. The Morgan fingerprint density at radius 1 is 1.22 bits per heavy atom. The van der Waals surface area contributed by atoms with Gasteiger partial charge in [0.25, 0.3) is 0 Å². The zero-order valence-corrected chi connectivity index (χ0v) is 10.8. The van der Waals surface area contributed by atoms with Crippen LogP contribution in [0.3, 0.4) is 0 Å². The lowest BCUT2D eigenvalue weighted by Crippen LogP contribution is -1.93. The number of hydrogen-bond donors (Lipinski definition) is 2. The second-order valence-electron chi connectivity index (χ2n) is 3.89. The van der Waals surface area contributed by atoms with Gasteiger partial charge in [-0.25, -0.2) is 0 Å². The number of nitrogens with two attached hydrogens (primary N) is 1. The summed E-state index contributed by atoms with van der Waals surface area (Å²) in [7, 11) is 3.23. The Hall–Kier alpha value is -2.17. The smallest absolute Gasteiger partial charge is 0.161 e. The summed E-state index contributed by atoms with van der Waals surface area (Å²) in [5, 5.41) is 7.00. The molecule has 5 heteroatoms. The predicted molar refractivity (Wildman–Crippen MR) is 70.9 cm³/mol. The number of hydrogen-bond acceptors (Lipinski definition) is 4. The molecule has 0 aliphatic carbocycles. The van der Waals surface area contributed by atoms with Gasteiger partial charge < -0.3 is 15.2 Å². The van der Waals surface area contributed by atoms with Crippen LogP contribution in [-0.4, -0.2) is 24.4 Å². The first-order chi connectivity index (χ1) is 8.71. The van der Waals surface area contributed by atoms with Gasteiger partial charge in [0.2, 0.25) is 0 Å². The molecule has 0 atom stereocenters. The van der Waals surface area contributed by atoms with E-state index < -0.39 is 0 Å². The summed E-state index contributed by atoms with van der Waals surface area (Å²) in [6.45, 7) is 2.05. The fraction of sp³-hybridized carbons (Fsp3) is 0.308. The Kier molecular flexibility index (Phi) is 3.41. The summed E-state index contributed by atoms with van der Waals surface area (Å²) in [6, 6.07) is 5.73. The number of aromatic nitrogens is 2. The molecule has 96 valence electrons. The first-order valence-electron chi connectivity index (χ1n) is 5.76. The number of ether oxygens (including phenoxy) is 2. The van der Waals surface area contributed by atoms with E-state index in [9.17, 15) is 0 Å². The minimum atomic E-state index is 0.544. The van der Waals surface area contributed by atoms with Crippen LogP contribution in [0.1, 0.15) is 12.5 Å². The van der Waals surface area contributed by atoms with Crippen LogP contribution in [0.25, 0.3) is 11.3 Å². The molecule has 0 saturated heterocycles. The monoisotopic (exact) mass is 247 g/mol. The quantitative estimate of drug-likeness (QED) is 0.869. The van der Waals surface area contributed by atoms with Gasteiger partial charge in [-0.3, -0.25) is 5.10 Å². The summed E-state index contributed by atoms with van der Waals surface area (Å²) in [5.74, 6) is 1.93. The highest BCUT2D eigenvalue weighted by Gasteiger charge is 2.13. The van der Waals surface area contributed by atoms with Gasteiger partial charge in [-0.2, -0.15) is 5.10 Å². The van der Waals surface area contributed by atoms with Crippen molar-refractivity contribution in [2.24, 2.45) is 0 Å². The van der Waals surface area contributed by atoms with Gasteiger partial charge in [-0.1, -0.05) is 6.92 Å². The van der Waals surface area contributed by atoms with Gasteiger partial charge in [0.05, 0.1) is 19.9 Å². The van der Waals surface area contributed by atoms with Crippen molar-refractivity contribution in [1.82, 2.24) is 10.2 Å². The first-order valence-corrected chi connectivity index (χ1v) is 5.76. The Labute approximate surface area is 106 Å². The SMILES string of the molecule is CCc1c(N)n[nH]c1-c1ccc(OC)c(OC)c1. The highest BCUT2D eigenvalue weighted by atomic mass is 16.5. The molecule has 18 heavy (non-hydrogen) atoms. The van der Waals surface area contributed by atoms with Crippen molar-refractivity contribution >= 4 is 5.82 Å². The van der Waals surface area contributed by atoms with Gasteiger partial charge in [0, 0.05) is 11.1 Å². The van der Waals surface area contributed by atoms with E-state index in [-0.39, 0.29) is 0 Å². The normalized spacial score (nSPS) is 10.4. The Morgan fingerprint density at radius 2 is 1.94 bits per heavy atom. The van der Waals surface area contributed by atoms with Crippen molar-refractivity contribution in [3.05, 3.63) is 23.8 Å². The molecule has 0 aliphatic heterocycles. The lowest BCUT2D eigenvalue weighted by molar-refractivity contribution is 0.355. The van der Waals surface area contributed by atoms with Gasteiger partial charge in [-0.05, 0) is 24.6 Å². The number of aromatic amines is 1. The minimum absolute atomic E-state index is 0.544. The molecule has 0 unspecified atom stereocenters. The molecule has 2 rings (SSSR count). The van der Waals surface area contributed by atoms with Crippen molar-refractivity contribution in [1.29, 1.82) is 0 Å². The second-order valence-corrected chi connectivity index (χ2v) is 3.89. The van der Waals surface area contributed by atoms with E-state index in [0.29, 0.717) is 17.3 Å². The van der Waals surface area contributed by atoms with Crippen LogP contribution in [-0.2, 0) is 6.42 Å². The molecule has 0 radical (unpaired) electrons. The maximum absolute atomic E-state index is 5.82. The molecule has 1 heterocycles. The van der Waals surface area contributed by atoms with Crippen LogP contribution < -0.4 is 15.2 Å². The lowest BCUT2D eigenvalue weighted by Gasteiger charge is -2.09. The third-order valence-electron chi connectivity index (χ3n) is 2.92. The Balaban J connectivity index is 2.50. The van der Waals surface area contributed by atoms with Gasteiger partial charge in [-0.15, -0.1) is 0 Å². The van der Waals surface area contributed by atoms with E-state index in [1.54, 1.807) is 14.2 Å². The molecular weight excluding hydrogens is 230 g/mol. The molecule has 0 amide bonds. The molecule has 0 saturated carbocycles. The third kappa shape index (κ3) is 1.99. The number of rotatable bonds is 4. The summed E-state index contributed by atoms with van der Waals surface area (Å²) in [6.07, 6.45) is 0.825. The summed E-state index contributed by atoms with van der Waals surface area (Å²) < 4.78 is 10.5. The summed E-state index contributed by atoms with van der Waals surface area (Å²) in [5.41, 5.74) is 8.74. The minimum Gasteiger partial charge on any atom is -0.493 e. The standard InChI is InChI=1S/C13H17N3O2/c1-4-9-12(15-16-13(9)14)8-5-6-10(17-2)11(7-8)18-3/h5-7H,4H2,1-3H3,(H3,14,15,16). The van der Waals surface area contributed by atoms with Crippen LogP contribution in [0.15, 0.2) is 18.2 Å². The zero-order valence-electron chi connectivity index (χ0n) is 10.8. The van der Waals surface area contributed by atoms with Crippen molar-refractivity contribution in [3.8, 4) is 22.8 Å². The zero-order chi connectivity index (χ0) is 13.1. The Morgan fingerprint density at radius 3 is 2.56 bits per heavy atom. The highest BCUT2D eigenvalue weighted by molar-refractivity contribution is 5.70. The summed E-state index contributed by atoms with van der Waals surface area (Å²) >= 11 is 0. The van der Waals surface area contributed by atoms with Gasteiger partial charge >= 0.3 is 0 Å².